The highest BCUT2D eigenvalue weighted by Gasteiger charge is 2.26. The topological polar surface area (TPSA) is 26.3 Å². The van der Waals surface area contributed by atoms with E-state index in [2.05, 4.69) is 18.2 Å². The summed E-state index contributed by atoms with van der Waals surface area (Å²) >= 11 is 0. The first-order valence-electron chi connectivity index (χ1n) is 6.22. The molecule has 0 amide bonds. The first-order chi connectivity index (χ1) is 8.03. The van der Waals surface area contributed by atoms with Crippen molar-refractivity contribution >= 4 is 5.78 Å². The monoisotopic (exact) mass is 232 g/mol. The van der Waals surface area contributed by atoms with Gasteiger partial charge in [0.1, 0.15) is 5.60 Å². The van der Waals surface area contributed by atoms with E-state index < -0.39 is 5.60 Å². The molecular formula is C15H20O2. The van der Waals surface area contributed by atoms with Crippen LogP contribution in [-0.2, 0) is 28.8 Å². The van der Waals surface area contributed by atoms with Gasteiger partial charge in [0, 0.05) is 13.5 Å². The zero-order chi connectivity index (χ0) is 12.5. The van der Waals surface area contributed by atoms with Crippen molar-refractivity contribution in [1.82, 2.24) is 0 Å². The van der Waals surface area contributed by atoms with Crippen molar-refractivity contribution in [1.29, 1.82) is 0 Å². The van der Waals surface area contributed by atoms with Crippen LogP contribution >= 0.6 is 0 Å². The maximum atomic E-state index is 12.0. The Morgan fingerprint density at radius 1 is 1.29 bits per heavy atom. The number of carbonyl (C=O) groups excluding carboxylic acids is 1. The summed E-state index contributed by atoms with van der Waals surface area (Å²) in [5, 5.41) is 0. The molecule has 2 heteroatoms. The second-order valence-electron chi connectivity index (χ2n) is 5.27. The van der Waals surface area contributed by atoms with Crippen molar-refractivity contribution in [3.63, 3.8) is 0 Å². The van der Waals surface area contributed by atoms with E-state index in [0.717, 1.165) is 12.0 Å². The number of carbonyl (C=O) groups is 1. The van der Waals surface area contributed by atoms with E-state index in [1.807, 2.05) is 13.8 Å². The summed E-state index contributed by atoms with van der Waals surface area (Å²) < 4.78 is 5.21. The Hall–Kier alpha value is -1.15. The van der Waals surface area contributed by atoms with Gasteiger partial charge < -0.3 is 4.74 Å². The Labute approximate surface area is 103 Å². The summed E-state index contributed by atoms with van der Waals surface area (Å²) in [6, 6.07) is 6.44. The minimum Gasteiger partial charge on any atom is -0.371 e. The Balaban J connectivity index is 2.12. The Kier molecular flexibility index (Phi) is 3.34. The highest BCUT2D eigenvalue weighted by Crippen LogP contribution is 2.24. The van der Waals surface area contributed by atoms with Gasteiger partial charge in [-0.15, -0.1) is 0 Å². The van der Waals surface area contributed by atoms with Crippen LogP contribution in [0.1, 0.15) is 37.0 Å². The number of methoxy groups -OCH3 is 1. The van der Waals surface area contributed by atoms with E-state index in [-0.39, 0.29) is 5.78 Å². The number of hydrogen-bond donors (Lipinski definition) is 0. The molecular weight excluding hydrogens is 212 g/mol. The molecule has 2 nitrogen and oxygen atoms in total. The quantitative estimate of drug-likeness (QED) is 0.798. The van der Waals surface area contributed by atoms with E-state index in [9.17, 15) is 4.79 Å². The van der Waals surface area contributed by atoms with Crippen LogP contribution in [0.2, 0.25) is 0 Å². The number of ketones is 1. The number of aryl methyl sites for hydroxylation is 2. The summed E-state index contributed by atoms with van der Waals surface area (Å²) in [6.07, 6.45) is 4.06. The number of Topliss-reactive ketones (excluding diaryl/α,β-unsaturated/α-hetero) is 1. The second kappa shape index (κ2) is 4.61. The molecule has 0 saturated carbocycles. The average molecular weight is 232 g/mol. The van der Waals surface area contributed by atoms with Gasteiger partial charge in [-0.3, -0.25) is 4.79 Å². The molecule has 1 aliphatic rings. The Morgan fingerprint density at radius 3 is 2.71 bits per heavy atom. The summed E-state index contributed by atoms with van der Waals surface area (Å²) in [5.74, 6) is 0.137. The van der Waals surface area contributed by atoms with Gasteiger partial charge in [-0.1, -0.05) is 18.2 Å². The van der Waals surface area contributed by atoms with Gasteiger partial charge >= 0.3 is 0 Å². The van der Waals surface area contributed by atoms with Crippen LogP contribution in [0, 0.1) is 0 Å². The molecule has 0 saturated heterocycles. The van der Waals surface area contributed by atoms with Gasteiger partial charge in [-0.2, -0.15) is 0 Å². The number of benzene rings is 1. The average Bonchev–Trinajstić information content (AvgIpc) is 2.76. The first-order valence-corrected chi connectivity index (χ1v) is 6.22. The molecule has 1 aliphatic carbocycles. The van der Waals surface area contributed by atoms with Gasteiger partial charge in [-0.05, 0) is 49.8 Å². The summed E-state index contributed by atoms with van der Waals surface area (Å²) in [5.41, 5.74) is 3.30. The molecule has 0 bridgehead atoms. The van der Waals surface area contributed by atoms with Gasteiger partial charge in [0.25, 0.3) is 0 Å². The number of rotatable bonds is 4. The fraction of sp³-hybridized carbons (Fsp3) is 0.533. The smallest absolute Gasteiger partial charge is 0.168 e. The lowest BCUT2D eigenvalue weighted by atomic mass is 9.95. The van der Waals surface area contributed by atoms with Crippen molar-refractivity contribution < 1.29 is 9.53 Å². The molecule has 0 spiro atoms. The molecule has 0 unspecified atom stereocenters. The molecule has 0 aliphatic heterocycles. The summed E-state index contributed by atoms with van der Waals surface area (Å²) in [6.45, 7) is 3.64. The molecule has 92 valence electrons. The lowest BCUT2D eigenvalue weighted by molar-refractivity contribution is -0.136. The second-order valence-corrected chi connectivity index (χ2v) is 5.27. The third-order valence-electron chi connectivity index (χ3n) is 3.71. The fourth-order valence-electron chi connectivity index (χ4n) is 2.25. The molecule has 0 fully saturated rings. The van der Waals surface area contributed by atoms with E-state index in [1.54, 1.807) is 7.11 Å². The predicted octanol–water partition coefficient (Wildman–Crippen LogP) is 2.71. The lowest BCUT2D eigenvalue weighted by Crippen LogP contribution is -2.35. The van der Waals surface area contributed by atoms with Gasteiger partial charge in [-0.25, -0.2) is 0 Å². The third-order valence-corrected chi connectivity index (χ3v) is 3.71. The van der Waals surface area contributed by atoms with Gasteiger partial charge in [0.05, 0.1) is 0 Å². The van der Waals surface area contributed by atoms with Gasteiger partial charge in [0.2, 0.25) is 0 Å². The molecule has 2 rings (SSSR count). The Bertz CT molecular complexity index is 433. The van der Waals surface area contributed by atoms with Crippen LogP contribution in [0.5, 0.6) is 0 Å². The largest absolute Gasteiger partial charge is 0.371 e. The molecule has 0 N–H and O–H groups in total. The molecule has 0 aromatic heterocycles. The van der Waals surface area contributed by atoms with E-state index in [0.29, 0.717) is 6.42 Å². The third kappa shape index (κ3) is 2.58. The maximum absolute atomic E-state index is 12.0. The Morgan fingerprint density at radius 2 is 2.00 bits per heavy atom. The standard InChI is InChI=1S/C15H20O2/c1-15(2,17-3)14(16)10-11-7-8-12-5-4-6-13(12)9-11/h7-9H,4-6,10H2,1-3H3. The van der Waals surface area contributed by atoms with Crippen LogP contribution in [0.15, 0.2) is 18.2 Å². The molecule has 17 heavy (non-hydrogen) atoms. The van der Waals surface area contributed by atoms with Crippen LogP contribution in [0.4, 0.5) is 0 Å². The summed E-state index contributed by atoms with van der Waals surface area (Å²) in [4.78, 5) is 12.0. The van der Waals surface area contributed by atoms with Crippen molar-refractivity contribution in [2.45, 2.75) is 45.1 Å². The molecule has 0 heterocycles. The summed E-state index contributed by atoms with van der Waals surface area (Å²) in [7, 11) is 1.58. The van der Waals surface area contributed by atoms with Crippen LogP contribution < -0.4 is 0 Å². The van der Waals surface area contributed by atoms with E-state index >= 15 is 0 Å². The minimum atomic E-state index is -0.682. The van der Waals surface area contributed by atoms with Crippen LogP contribution in [-0.4, -0.2) is 18.5 Å². The van der Waals surface area contributed by atoms with Crippen molar-refractivity contribution in [3.05, 3.63) is 34.9 Å². The molecule has 0 radical (unpaired) electrons. The minimum absolute atomic E-state index is 0.137. The highest BCUT2D eigenvalue weighted by atomic mass is 16.5. The predicted molar refractivity (Wildman–Crippen MR) is 68.3 cm³/mol. The van der Waals surface area contributed by atoms with Crippen molar-refractivity contribution in [3.8, 4) is 0 Å². The lowest BCUT2D eigenvalue weighted by Gasteiger charge is -2.21. The van der Waals surface area contributed by atoms with E-state index in [1.165, 1.54) is 24.0 Å². The number of ether oxygens (including phenoxy) is 1. The van der Waals surface area contributed by atoms with Gasteiger partial charge in [0.15, 0.2) is 5.78 Å². The normalized spacial score (nSPS) is 14.8. The SMILES string of the molecule is COC(C)(C)C(=O)Cc1ccc2c(c1)CCC2. The highest BCUT2D eigenvalue weighted by molar-refractivity contribution is 5.88. The van der Waals surface area contributed by atoms with Crippen molar-refractivity contribution in [2.75, 3.05) is 7.11 Å². The molecule has 1 aromatic rings. The molecule has 0 atom stereocenters. The maximum Gasteiger partial charge on any atom is 0.168 e. The zero-order valence-corrected chi connectivity index (χ0v) is 10.9. The number of hydrogen-bond acceptors (Lipinski definition) is 2. The van der Waals surface area contributed by atoms with Crippen molar-refractivity contribution in [2.24, 2.45) is 0 Å². The van der Waals surface area contributed by atoms with E-state index in [4.69, 9.17) is 4.74 Å². The van der Waals surface area contributed by atoms with Crippen LogP contribution in [0.25, 0.3) is 0 Å². The number of fused-ring (bicyclic) bond motifs is 1. The molecule has 1 aromatic carbocycles. The fourth-order valence-corrected chi connectivity index (χ4v) is 2.25. The first kappa shape index (κ1) is 12.3. The zero-order valence-electron chi connectivity index (χ0n) is 10.9. The van der Waals surface area contributed by atoms with Crippen LogP contribution in [0.3, 0.4) is 0 Å².